The van der Waals surface area contributed by atoms with Gasteiger partial charge in [-0.1, -0.05) is 19.4 Å². The highest BCUT2D eigenvalue weighted by atomic mass is 16.5. The summed E-state index contributed by atoms with van der Waals surface area (Å²) in [5.41, 5.74) is 2.12. The summed E-state index contributed by atoms with van der Waals surface area (Å²) in [5.74, 6) is 0.636. The zero-order valence-corrected chi connectivity index (χ0v) is 21.8. The first-order chi connectivity index (χ1) is 17.4. The molecule has 1 aromatic heterocycles. The number of carbonyl (C=O) groups is 2. The van der Waals surface area contributed by atoms with Crippen LogP contribution in [0.2, 0.25) is 0 Å². The van der Waals surface area contributed by atoms with Gasteiger partial charge in [-0.25, -0.2) is 0 Å². The van der Waals surface area contributed by atoms with Crippen LogP contribution in [-0.2, 0) is 16.1 Å². The predicted molar refractivity (Wildman–Crippen MR) is 139 cm³/mol. The highest BCUT2D eigenvalue weighted by molar-refractivity contribution is 5.99. The van der Waals surface area contributed by atoms with Crippen LogP contribution >= 0.6 is 0 Å². The van der Waals surface area contributed by atoms with E-state index in [2.05, 4.69) is 29.0 Å². The van der Waals surface area contributed by atoms with Gasteiger partial charge >= 0.3 is 0 Å². The molecule has 36 heavy (non-hydrogen) atoms. The van der Waals surface area contributed by atoms with E-state index in [-0.39, 0.29) is 35.8 Å². The standard InChI is InChI=1S/C28H38N4O4/c1-19-15-32(16-23-10-5-6-13-29-23)20(2)18-36-25-14-22(30-27(33)21-8-7-9-21)11-12-24(25)28(34)31(3)17-26(19)35-4/h5-6,10-14,19-21,26H,7-9,15-18H2,1-4H3,(H,30,33)/t19-,20-,26-/m0/s1. The van der Waals surface area contributed by atoms with E-state index in [1.807, 2.05) is 24.4 Å². The van der Waals surface area contributed by atoms with Gasteiger partial charge in [-0.3, -0.25) is 19.5 Å². The molecule has 0 unspecified atom stereocenters. The largest absolute Gasteiger partial charge is 0.491 e. The van der Waals surface area contributed by atoms with E-state index in [9.17, 15) is 9.59 Å². The maximum atomic E-state index is 13.4. The van der Waals surface area contributed by atoms with Crippen molar-refractivity contribution in [3.8, 4) is 5.75 Å². The lowest BCUT2D eigenvalue weighted by atomic mass is 9.85. The molecule has 2 amide bonds. The molecule has 0 bridgehead atoms. The highest BCUT2D eigenvalue weighted by Crippen LogP contribution is 2.30. The van der Waals surface area contributed by atoms with Gasteiger partial charge in [-0.05, 0) is 49.9 Å². The Hall–Kier alpha value is -2.97. The number of benzene rings is 1. The van der Waals surface area contributed by atoms with E-state index in [1.165, 1.54) is 0 Å². The Bertz CT molecular complexity index is 1040. The van der Waals surface area contributed by atoms with Gasteiger partial charge in [0.2, 0.25) is 5.91 Å². The maximum absolute atomic E-state index is 13.4. The number of nitrogens with zero attached hydrogens (tertiary/aromatic N) is 3. The Balaban J connectivity index is 1.61. The number of rotatable bonds is 5. The molecule has 2 aliphatic rings. The number of aromatic nitrogens is 1. The molecule has 3 atom stereocenters. The summed E-state index contributed by atoms with van der Waals surface area (Å²) in [6, 6.07) is 11.3. The Labute approximate surface area is 214 Å². The summed E-state index contributed by atoms with van der Waals surface area (Å²) in [6.45, 7) is 6.59. The van der Waals surface area contributed by atoms with Crippen molar-refractivity contribution in [2.45, 2.75) is 51.8 Å². The first-order valence-electron chi connectivity index (χ1n) is 12.9. The van der Waals surface area contributed by atoms with Crippen molar-refractivity contribution >= 4 is 17.5 Å². The van der Waals surface area contributed by atoms with E-state index in [4.69, 9.17) is 9.47 Å². The third kappa shape index (κ3) is 6.23. The van der Waals surface area contributed by atoms with Crippen molar-refractivity contribution in [2.24, 2.45) is 11.8 Å². The van der Waals surface area contributed by atoms with Gasteiger partial charge < -0.3 is 19.7 Å². The lowest BCUT2D eigenvalue weighted by Gasteiger charge is -2.36. The number of anilines is 1. The monoisotopic (exact) mass is 494 g/mol. The molecule has 1 fully saturated rings. The molecule has 194 valence electrons. The molecule has 8 nitrogen and oxygen atoms in total. The summed E-state index contributed by atoms with van der Waals surface area (Å²) in [7, 11) is 3.49. The third-order valence-electron chi connectivity index (χ3n) is 7.41. The average Bonchev–Trinajstić information content (AvgIpc) is 2.83. The summed E-state index contributed by atoms with van der Waals surface area (Å²) in [4.78, 5) is 34.4. The second-order valence-corrected chi connectivity index (χ2v) is 10.2. The number of nitrogens with one attached hydrogen (secondary N) is 1. The van der Waals surface area contributed by atoms with Crippen LogP contribution in [0.15, 0.2) is 42.6 Å². The van der Waals surface area contributed by atoms with Crippen molar-refractivity contribution < 1.29 is 19.1 Å². The average molecular weight is 495 g/mol. The molecule has 1 saturated carbocycles. The zero-order valence-electron chi connectivity index (χ0n) is 21.8. The van der Waals surface area contributed by atoms with Crippen LogP contribution in [0.4, 0.5) is 5.69 Å². The van der Waals surface area contributed by atoms with Crippen LogP contribution in [0.5, 0.6) is 5.75 Å². The molecule has 1 aliphatic carbocycles. The molecule has 0 spiro atoms. The fraction of sp³-hybridized carbons (Fsp3) is 0.536. The topological polar surface area (TPSA) is 84.0 Å². The molecular formula is C28H38N4O4. The summed E-state index contributed by atoms with van der Waals surface area (Å²) in [6.07, 6.45) is 4.64. The van der Waals surface area contributed by atoms with Gasteiger partial charge in [0.1, 0.15) is 12.4 Å². The van der Waals surface area contributed by atoms with Crippen molar-refractivity contribution in [1.82, 2.24) is 14.8 Å². The van der Waals surface area contributed by atoms with Gasteiger partial charge in [0.05, 0.1) is 17.4 Å². The Morgan fingerprint density at radius 3 is 2.67 bits per heavy atom. The number of fused-ring (bicyclic) bond motifs is 1. The first-order valence-corrected chi connectivity index (χ1v) is 12.9. The number of carbonyl (C=O) groups excluding carboxylic acids is 2. The minimum atomic E-state index is -0.130. The number of pyridine rings is 1. The van der Waals surface area contributed by atoms with Crippen molar-refractivity contribution in [3.05, 3.63) is 53.9 Å². The van der Waals surface area contributed by atoms with Crippen LogP contribution in [0.3, 0.4) is 0 Å². The van der Waals surface area contributed by atoms with Gasteiger partial charge in [0.15, 0.2) is 0 Å². The number of hydrogen-bond acceptors (Lipinski definition) is 6. The predicted octanol–water partition coefficient (Wildman–Crippen LogP) is 3.83. The number of likely N-dealkylation sites (N-methyl/N-ethyl adjacent to an activating group) is 1. The molecule has 2 aromatic rings. The van der Waals surface area contributed by atoms with Crippen molar-refractivity contribution in [3.63, 3.8) is 0 Å². The van der Waals surface area contributed by atoms with Crippen molar-refractivity contribution in [1.29, 1.82) is 0 Å². The molecule has 8 heteroatoms. The third-order valence-corrected chi connectivity index (χ3v) is 7.41. The molecule has 0 saturated heterocycles. The molecule has 1 aromatic carbocycles. The normalized spacial score (nSPS) is 24.1. The molecule has 4 rings (SSSR count). The summed E-state index contributed by atoms with van der Waals surface area (Å²) >= 11 is 0. The Morgan fingerprint density at radius 1 is 1.19 bits per heavy atom. The van der Waals surface area contributed by atoms with E-state index in [0.717, 1.165) is 31.5 Å². The Kier molecular flexibility index (Phi) is 8.59. The first kappa shape index (κ1) is 26.1. The molecule has 1 aliphatic heterocycles. The maximum Gasteiger partial charge on any atom is 0.257 e. The van der Waals surface area contributed by atoms with Crippen LogP contribution < -0.4 is 10.1 Å². The molecule has 0 radical (unpaired) electrons. The summed E-state index contributed by atoms with van der Waals surface area (Å²) in [5, 5.41) is 3.00. The SMILES string of the molecule is CO[C@H]1CN(C)C(=O)c2ccc(NC(=O)C3CCC3)cc2OC[C@H](C)N(Cc2ccccn2)C[C@@H]1C. The Morgan fingerprint density at radius 2 is 2.00 bits per heavy atom. The number of amides is 2. The lowest BCUT2D eigenvalue weighted by Crippen LogP contribution is -2.46. The minimum Gasteiger partial charge on any atom is -0.491 e. The molecule has 2 heterocycles. The molecule has 1 N–H and O–H groups in total. The van der Waals surface area contributed by atoms with E-state index >= 15 is 0 Å². The van der Waals surface area contributed by atoms with E-state index in [0.29, 0.717) is 36.7 Å². The van der Waals surface area contributed by atoms with Gasteiger partial charge in [0, 0.05) is 63.7 Å². The highest BCUT2D eigenvalue weighted by Gasteiger charge is 2.29. The second-order valence-electron chi connectivity index (χ2n) is 10.2. The fourth-order valence-electron chi connectivity index (χ4n) is 4.76. The molecular weight excluding hydrogens is 456 g/mol. The van der Waals surface area contributed by atoms with Crippen LogP contribution in [0.1, 0.15) is 49.2 Å². The van der Waals surface area contributed by atoms with Gasteiger partial charge in [-0.15, -0.1) is 0 Å². The van der Waals surface area contributed by atoms with E-state index < -0.39 is 0 Å². The fourth-order valence-corrected chi connectivity index (χ4v) is 4.76. The number of hydrogen-bond donors (Lipinski definition) is 1. The van der Waals surface area contributed by atoms with Crippen LogP contribution in [0.25, 0.3) is 0 Å². The quantitative estimate of drug-likeness (QED) is 0.680. The van der Waals surface area contributed by atoms with Crippen LogP contribution in [-0.4, -0.2) is 72.6 Å². The minimum absolute atomic E-state index is 0.0321. The van der Waals surface area contributed by atoms with Crippen LogP contribution in [0, 0.1) is 11.8 Å². The number of ether oxygens (including phenoxy) is 2. The summed E-state index contributed by atoms with van der Waals surface area (Å²) < 4.78 is 12.1. The van der Waals surface area contributed by atoms with Gasteiger partial charge in [-0.2, -0.15) is 0 Å². The lowest BCUT2D eigenvalue weighted by molar-refractivity contribution is -0.122. The zero-order chi connectivity index (χ0) is 25.7. The van der Waals surface area contributed by atoms with Crippen molar-refractivity contribution in [2.75, 3.05) is 39.2 Å². The second kappa shape index (κ2) is 11.8. The smallest absolute Gasteiger partial charge is 0.257 e. The van der Waals surface area contributed by atoms with Gasteiger partial charge in [0.25, 0.3) is 5.91 Å². The van der Waals surface area contributed by atoms with E-state index in [1.54, 1.807) is 37.3 Å². The number of methoxy groups -OCH3 is 1.